The molecule has 1 aromatic heterocycles. The van der Waals surface area contributed by atoms with Gasteiger partial charge in [0.2, 0.25) is 0 Å². The Kier molecular flexibility index (Phi) is 3.78. The molecule has 0 aliphatic carbocycles. The van der Waals surface area contributed by atoms with Crippen LogP contribution in [-0.4, -0.2) is 10.7 Å². The number of pyridine rings is 1. The Labute approximate surface area is 101 Å². The number of hydrogen-bond donors (Lipinski definition) is 1. The van der Waals surface area contributed by atoms with Gasteiger partial charge in [-0.25, -0.2) is 0 Å². The number of nitrogens with zero attached hydrogens (tertiary/aromatic N) is 1. The fraction of sp³-hybridized carbons (Fsp3) is 0.0714. The average Bonchev–Trinajstić information content (AvgIpc) is 2.38. The highest BCUT2D eigenvalue weighted by Crippen LogP contribution is 2.17. The molecule has 0 fully saturated rings. The van der Waals surface area contributed by atoms with Crippen molar-refractivity contribution in [3.8, 4) is 11.3 Å². The third-order valence-corrected chi connectivity index (χ3v) is 2.50. The SMILES string of the molecule is SCC=Cc1ccc(-c2ccccn2)cc1. The zero-order valence-electron chi connectivity index (χ0n) is 8.88. The van der Waals surface area contributed by atoms with E-state index in [1.54, 1.807) is 0 Å². The first kappa shape index (κ1) is 11.0. The number of aromatic nitrogens is 1. The van der Waals surface area contributed by atoms with Crippen LogP contribution in [-0.2, 0) is 0 Å². The smallest absolute Gasteiger partial charge is 0.0701 e. The van der Waals surface area contributed by atoms with E-state index in [4.69, 9.17) is 0 Å². The van der Waals surface area contributed by atoms with Crippen LogP contribution in [0.5, 0.6) is 0 Å². The van der Waals surface area contributed by atoms with Crippen LogP contribution in [0.15, 0.2) is 54.7 Å². The number of thiol groups is 1. The first-order valence-electron chi connectivity index (χ1n) is 5.19. The van der Waals surface area contributed by atoms with E-state index < -0.39 is 0 Å². The second-order valence-electron chi connectivity index (χ2n) is 3.42. The molecule has 1 nitrogen and oxygen atoms in total. The van der Waals surface area contributed by atoms with Gasteiger partial charge in [-0.3, -0.25) is 4.98 Å². The Bertz CT molecular complexity index is 460. The van der Waals surface area contributed by atoms with E-state index in [1.807, 2.05) is 30.5 Å². The lowest BCUT2D eigenvalue weighted by Gasteiger charge is -2.00. The molecule has 0 spiro atoms. The second-order valence-corrected chi connectivity index (χ2v) is 3.79. The lowest BCUT2D eigenvalue weighted by Crippen LogP contribution is -1.81. The third-order valence-electron chi connectivity index (χ3n) is 2.29. The minimum absolute atomic E-state index is 0.766. The first-order valence-corrected chi connectivity index (χ1v) is 5.82. The summed E-state index contributed by atoms with van der Waals surface area (Å²) in [5.41, 5.74) is 3.34. The van der Waals surface area contributed by atoms with Crippen LogP contribution in [0.3, 0.4) is 0 Å². The quantitative estimate of drug-likeness (QED) is 0.789. The van der Waals surface area contributed by atoms with Crippen molar-refractivity contribution >= 4 is 18.7 Å². The maximum absolute atomic E-state index is 4.31. The predicted molar refractivity (Wildman–Crippen MR) is 72.6 cm³/mol. The Hall–Kier alpha value is -1.54. The third kappa shape index (κ3) is 2.74. The summed E-state index contributed by atoms with van der Waals surface area (Å²) < 4.78 is 0. The summed E-state index contributed by atoms with van der Waals surface area (Å²) in [5.74, 6) is 0.766. The van der Waals surface area contributed by atoms with Crippen LogP contribution in [0.2, 0.25) is 0 Å². The molecular formula is C14H13NS. The van der Waals surface area contributed by atoms with Gasteiger partial charge in [-0.05, 0) is 17.7 Å². The molecule has 1 aromatic carbocycles. The van der Waals surface area contributed by atoms with Crippen molar-refractivity contribution in [1.82, 2.24) is 4.98 Å². The van der Waals surface area contributed by atoms with Crippen molar-refractivity contribution in [2.45, 2.75) is 0 Å². The fourth-order valence-electron chi connectivity index (χ4n) is 1.49. The zero-order valence-corrected chi connectivity index (χ0v) is 9.77. The van der Waals surface area contributed by atoms with Crippen molar-refractivity contribution in [2.75, 3.05) is 5.75 Å². The largest absolute Gasteiger partial charge is 0.256 e. The molecule has 0 N–H and O–H groups in total. The minimum atomic E-state index is 0.766. The molecule has 0 aliphatic rings. The molecular weight excluding hydrogens is 214 g/mol. The van der Waals surface area contributed by atoms with Crippen molar-refractivity contribution in [1.29, 1.82) is 0 Å². The van der Waals surface area contributed by atoms with E-state index >= 15 is 0 Å². The summed E-state index contributed by atoms with van der Waals surface area (Å²) in [6.45, 7) is 0. The standard InChI is InChI=1S/C14H13NS/c16-11-3-4-12-6-8-13(9-7-12)14-5-1-2-10-15-14/h1-10,16H,11H2. The summed E-state index contributed by atoms with van der Waals surface area (Å²) in [7, 11) is 0. The van der Waals surface area contributed by atoms with Gasteiger partial charge in [0.15, 0.2) is 0 Å². The van der Waals surface area contributed by atoms with Crippen LogP contribution in [0.4, 0.5) is 0 Å². The highest BCUT2D eigenvalue weighted by molar-refractivity contribution is 7.80. The molecule has 80 valence electrons. The lowest BCUT2D eigenvalue weighted by molar-refractivity contribution is 1.33. The minimum Gasteiger partial charge on any atom is -0.256 e. The first-order chi connectivity index (χ1) is 7.90. The molecule has 2 rings (SSSR count). The Morgan fingerprint density at radius 1 is 1.06 bits per heavy atom. The van der Waals surface area contributed by atoms with Crippen LogP contribution in [0, 0.1) is 0 Å². The highest BCUT2D eigenvalue weighted by Gasteiger charge is 1.96. The van der Waals surface area contributed by atoms with E-state index in [9.17, 15) is 0 Å². The summed E-state index contributed by atoms with van der Waals surface area (Å²) in [6.07, 6.45) is 5.90. The van der Waals surface area contributed by atoms with Gasteiger partial charge < -0.3 is 0 Å². The molecule has 16 heavy (non-hydrogen) atoms. The van der Waals surface area contributed by atoms with E-state index in [1.165, 1.54) is 5.56 Å². The molecule has 0 bridgehead atoms. The second kappa shape index (κ2) is 5.52. The maximum Gasteiger partial charge on any atom is 0.0701 e. The molecule has 0 atom stereocenters. The summed E-state index contributed by atoms with van der Waals surface area (Å²) >= 11 is 4.13. The van der Waals surface area contributed by atoms with Gasteiger partial charge in [-0.1, -0.05) is 42.5 Å². The number of benzene rings is 1. The Balaban J connectivity index is 2.23. The summed E-state index contributed by atoms with van der Waals surface area (Å²) in [6, 6.07) is 14.3. The molecule has 1 heterocycles. The van der Waals surface area contributed by atoms with Gasteiger partial charge in [0.1, 0.15) is 0 Å². The van der Waals surface area contributed by atoms with Crippen LogP contribution in [0.25, 0.3) is 17.3 Å². The molecule has 0 unspecified atom stereocenters. The fourth-order valence-corrected chi connectivity index (χ4v) is 1.59. The number of rotatable bonds is 3. The van der Waals surface area contributed by atoms with Gasteiger partial charge >= 0.3 is 0 Å². The topological polar surface area (TPSA) is 12.9 Å². The lowest BCUT2D eigenvalue weighted by atomic mass is 10.1. The highest BCUT2D eigenvalue weighted by atomic mass is 32.1. The molecule has 0 aliphatic heterocycles. The molecule has 2 aromatic rings. The average molecular weight is 227 g/mol. The van der Waals surface area contributed by atoms with E-state index in [2.05, 4.69) is 48.0 Å². The van der Waals surface area contributed by atoms with Crippen molar-refractivity contribution in [3.05, 3.63) is 60.3 Å². The normalized spacial score (nSPS) is 10.8. The predicted octanol–water partition coefficient (Wildman–Crippen LogP) is 3.69. The molecule has 0 radical (unpaired) electrons. The van der Waals surface area contributed by atoms with E-state index in [-0.39, 0.29) is 0 Å². The summed E-state index contributed by atoms with van der Waals surface area (Å²) in [5, 5.41) is 0. The van der Waals surface area contributed by atoms with Gasteiger partial charge in [0.05, 0.1) is 5.69 Å². The van der Waals surface area contributed by atoms with Gasteiger partial charge in [-0.15, -0.1) is 0 Å². The van der Waals surface area contributed by atoms with Gasteiger partial charge in [0.25, 0.3) is 0 Å². The van der Waals surface area contributed by atoms with Crippen molar-refractivity contribution in [2.24, 2.45) is 0 Å². The van der Waals surface area contributed by atoms with Gasteiger partial charge in [0, 0.05) is 17.5 Å². The van der Waals surface area contributed by atoms with Crippen LogP contribution >= 0.6 is 12.6 Å². The molecule has 0 saturated heterocycles. The summed E-state index contributed by atoms with van der Waals surface area (Å²) in [4.78, 5) is 4.31. The van der Waals surface area contributed by atoms with Crippen LogP contribution < -0.4 is 0 Å². The zero-order chi connectivity index (χ0) is 11.2. The van der Waals surface area contributed by atoms with Gasteiger partial charge in [-0.2, -0.15) is 12.6 Å². The van der Waals surface area contributed by atoms with Crippen molar-refractivity contribution in [3.63, 3.8) is 0 Å². The number of hydrogen-bond acceptors (Lipinski definition) is 2. The van der Waals surface area contributed by atoms with Crippen LogP contribution in [0.1, 0.15) is 5.56 Å². The maximum atomic E-state index is 4.31. The molecule has 0 saturated carbocycles. The monoisotopic (exact) mass is 227 g/mol. The van der Waals surface area contributed by atoms with E-state index in [0.717, 1.165) is 17.0 Å². The molecule has 2 heteroatoms. The van der Waals surface area contributed by atoms with E-state index in [0.29, 0.717) is 0 Å². The Morgan fingerprint density at radius 2 is 1.88 bits per heavy atom. The van der Waals surface area contributed by atoms with Crippen molar-refractivity contribution < 1.29 is 0 Å². The Morgan fingerprint density at radius 3 is 2.50 bits per heavy atom. The molecule has 0 amide bonds.